The van der Waals surface area contributed by atoms with Crippen molar-refractivity contribution in [2.24, 2.45) is 4.99 Å². The molecule has 22 heavy (non-hydrogen) atoms. The zero-order valence-corrected chi connectivity index (χ0v) is 15.2. The van der Waals surface area contributed by atoms with Crippen LogP contribution in [0.5, 0.6) is 0 Å². The summed E-state index contributed by atoms with van der Waals surface area (Å²) in [6, 6.07) is 4.54. The fourth-order valence-corrected chi connectivity index (χ4v) is 3.02. The van der Waals surface area contributed by atoms with Gasteiger partial charge >= 0.3 is 0 Å². The van der Waals surface area contributed by atoms with Gasteiger partial charge < -0.3 is 16.0 Å². The molecule has 1 aromatic rings. The lowest BCUT2D eigenvalue weighted by Crippen LogP contribution is -2.49. The van der Waals surface area contributed by atoms with Gasteiger partial charge in [-0.15, -0.1) is 11.3 Å². The lowest BCUT2D eigenvalue weighted by atomic mass is 10.1. The zero-order valence-electron chi connectivity index (χ0n) is 14.4. The zero-order chi connectivity index (χ0) is 16.8. The fourth-order valence-electron chi connectivity index (χ4n) is 2.00. The second kappa shape index (κ2) is 8.17. The summed E-state index contributed by atoms with van der Waals surface area (Å²) in [5.74, 6) is 0.599. The minimum Gasteiger partial charge on any atom is -0.354 e. The molecule has 3 N–H and O–H groups in total. The number of hydrogen-bond acceptors (Lipinski definition) is 3. The monoisotopic (exact) mass is 324 g/mol. The van der Waals surface area contributed by atoms with Crippen molar-refractivity contribution in [3.05, 3.63) is 21.9 Å². The molecule has 0 spiro atoms. The summed E-state index contributed by atoms with van der Waals surface area (Å²) in [7, 11) is 1.71. The maximum Gasteiger partial charge on any atom is 0.239 e. The van der Waals surface area contributed by atoms with Crippen molar-refractivity contribution in [3.63, 3.8) is 0 Å². The number of carbonyl (C=O) groups excluding carboxylic acids is 1. The van der Waals surface area contributed by atoms with E-state index in [1.54, 1.807) is 7.05 Å². The Hall–Kier alpha value is -1.56. The van der Waals surface area contributed by atoms with E-state index >= 15 is 0 Å². The molecule has 1 atom stereocenters. The van der Waals surface area contributed by atoms with Crippen LogP contribution >= 0.6 is 11.3 Å². The summed E-state index contributed by atoms with van der Waals surface area (Å²) in [4.78, 5) is 18.6. The minimum absolute atomic E-state index is 0.0445. The number of aryl methyl sites for hydroxylation is 1. The van der Waals surface area contributed by atoms with Gasteiger partial charge in [-0.3, -0.25) is 9.79 Å². The van der Waals surface area contributed by atoms with Crippen LogP contribution < -0.4 is 16.0 Å². The predicted molar refractivity (Wildman–Crippen MR) is 94.6 cm³/mol. The molecule has 1 rings (SSSR count). The SMILES string of the molecule is CN=C(NCC(=O)NC(C)(C)C)NC(C)Cc1ccc(C)s1. The topological polar surface area (TPSA) is 65.5 Å². The first-order chi connectivity index (χ1) is 10.2. The normalized spacial score (nSPS) is 13.6. The largest absolute Gasteiger partial charge is 0.354 e. The molecule has 0 saturated carbocycles. The lowest BCUT2D eigenvalue weighted by molar-refractivity contribution is -0.121. The number of guanidine groups is 1. The molecular weight excluding hydrogens is 296 g/mol. The van der Waals surface area contributed by atoms with Gasteiger partial charge in [-0.05, 0) is 46.8 Å². The van der Waals surface area contributed by atoms with Gasteiger partial charge in [0.15, 0.2) is 5.96 Å². The number of rotatable bonds is 5. The van der Waals surface area contributed by atoms with Crippen LogP contribution in [0.1, 0.15) is 37.4 Å². The van der Waals surface area contributed by atoms with Crippen LogP contribution in [0.25, 0.3) is 0 Å². The van der Waals surface area contributed by atoms with Crippen molar-refractivity contribution < 1.29 is 4.79 Å². The van der Waals surface area contributed by atoms with Crippen molar-refractivity contribution in [3.8, 4) is 0 Å². The smallest absolute Gasteiger partial charge is 0.239 e. The van der Waals surface area contributed by atoms with Gasteiger partial charge in [-0.1, -0.05) is 0 Å². The van der Waals surface area contributed by atoms with Crippen LogP contribution in [-0.2, 0) is 11.2 Å². The van der Waals surface area contributed by atoms with Gasteiger partial charge in [0.1, 0.15) is 0 Å². The number of amides is 1. The summed E-state index contributed by atoms with van der Waals surface area (Å²) in [5, 5.41) is 9.26. The van der Waals surface area contributed by atoms with Gasteiger partial charge in [0.25, 0.3) is 0 Å². The first-order valence-corrected chi connectivity index (χ1v) is 8.35. The van der Waals surface area contributed by atoms with Crippen molar-refractivity contribution in [1.29, 1.82) is 0 Å². The Labute approximate surface area is 137 Å². The molecule has 124 valence electrons. The van der Waals surface area contributed by atoms with E-state index in [0.29, 0.717) is 5.96 Å². The van der Waals surface area contributed by atoms with Crippen LogP contribution in [0.4, 0.5) is 0 Å². The van der Waals surface area contributed by atoms with E-state index in [9.17, 15) is 4.79 Å². The standard InChI is InChI=1S/C16H28N4OS/c1-11(9-13-8-7-12(2)22-13)19-15(17-6)18-10-14(21)20-16(3,4)5/h7-8,11H,9-10H2,1-6H3,(H,20,21)(H2,17,18,19). The molecule has 0 aliphatic carbocycles. The highest BCUT2D eigenvalue weighted by molar-refractivity contribution is 7.11. The highest BCUT2D eigenvalue weighted by atomic mass is 32.1. The molecule has 0 radical (unpaired) electrons. The average Bonchev–Trinajstić information content (AvgIpc) is 2.77. The number of nitrogens with one attached hydrogen (secondary N) is 3. The quantitative estimate of drug-likeness (QED) is 0.574. The molecule has 1 aromatic heterocycles. The maximum absolute atomic E-state index is 11.8. The Morgan fingerprint density at radius 1 is 1.36 bits per heavy atom. The second-order valence-electron chi connectivity index (χ2n) is 6.49. The number of aliphatic imine (C=N–C) groups is 1. The van der Waals surface area contributed by atoms with Gasteiger partial charge in [-0.25, -0.2) is 0 Å². The molecule has 5 nitrogen and oxygen atoms in total. The van der Waals surface area contributed by atoms with Gasteiger partial charge in [0.2, 0.25) is 5.91 Å². The first kappa shape index (κ1) is 18.5. The van der Waals surface area contributed by atoms with E-state index in [1.807, 2.05) is 32.1 Å². The molecule has 6 heteroatoms. The Morgan fingerprint density at radius 2 is 2.05 bits per heavy atom. The van der Waals surface area contributed by atoms with E-state index < -0.39 is 0 Å². The third-order valence-electron chi connectivity index (χ3n) is 2.84. The highest BCUT2D eigenvalue weighted by Crippen LogP contribution is 2.16. The molecule has 0 aliphatic heterocycles. The second-order valence-corrected chi connectivity index (χ2v) is 7.86. The molecule has 0 bridgehead atoms. The van der Waals surface area contributed by atoms with Crippen LogP contribution in [-0.4, -0.2) is 37.0 Å². The van der Waals surface area contributed by atoms with E-state index in [2.05, 4.69) is 46.9 Å². The number of nitrogens with zero attached hydrogens (tertiary/aromatic N) is 1. The molecule has 1 amide bonds. The summed E-state index contributed by atoms with van der Waals surface area (Å²) >= 11 is 1.81. The molecule has 0 aromatic carbocycles. The Morgan fingerprint density at radius 3 is 2.55 bits per heavy atom. The fraction of sp³-hybridized carbons (Fsp3) is 0.625. The summed E-state index contributed by atoms with van der Waals surface area (Å²) in [6.45, 7) is 10.3. The Kier molecular flexibility index (Phi) is 6.87. The molecular formula is C16H28N4OS. The van der Waals surface area contributed by atoms with Crippen molar-refractivity contribution in [2.45, 2.75) is 52.6 Å². The Balaban J connectivity index is 2.40. The molecule has 0 aliphatic rings. The minimum atomic E-state index is -0.222. The summed E-state index contributed by atoms with van der Waals surface area (Å²) < 4.78 is 0. The van der Waals surface area contributed by atoms with Crippen LogP contribution in [0.2, 0.25) is 0 Å². The predicted octanol–water partition coefficient (Wildman–Crippen LogP) is 2.07. The van der Waals surface area contributed by atoms with E-state index in [4.69, 9.17) is 0 Å². The molecule has 0 fully saturated rings. The van der Waals surface area contributed by atoms with Gasteiger partial charge in [-0.2, -0.15) is 0 Å². The third kappa shape index (κ3) is 7.45. The van der Waals surface area contributed by atoms with E-state index in [1.165, 1.54) is 9.75 Å². The van der Waals surface area contributed by atoms with Crippen LogP contribution in [0, 0.1) is 6.92 Å². The summed E-state index contributed by atoms with van der Waals surface area (Å²) in [6.07, 6.45) is 0.938. The van der Waals surface area contributed by atoms with E-state index in [-0.39, 0.29) is 24.0 Å². The average molecular weight is 324 g/mol. The number of hydrogen-bond donors (Lipinski definition) is 3. The molecule has 0 saturated heterocycles. The first-order valence-electron chi connectivity index (χ1n) is 7.53. The molecule has 1 heterocycles. The number of carbonyl (C=O) groups is 1. The van der Waals surface area contributed by atoms with Crippen LogP contribution in [0.15, 0.2) is 17.1 Å². The molecule has 1 unspecified atom stereocenters. The van der Waals surface area contributed by atoms with Gasteiger partial charge in [0, 0.05) is 34.8 Å². The maximum atomic E-state index is 11.8. The van der Waals surface area contributed by atoms with Crippen LogP contribution in [0.3, 0.4) is 0 Å². The summed E-state index contributed by atoms with van der Waals surface area (Å²) in [5.41, 5.74) is -0.222. The lowest BCUT2D eigenvalue weighted by Gasteiger charge is -2.22. The van der Waals surface area contributed by atoms with E-state index in [0.717, 1.165) is 6.42 Å². The van der Waals surface area contributed by atoms with Crippen molar-refractivity contribution in [1.82, 2.24) is 16.0 Å². The number of thiophene rings is 1. The highest BCUT2D eigenvalue weighted by Gasteiger charge is 2.14. The third-order valence-corrected chi connectivity index (χ3v) is 3.86. The Bertz CT molecular complexity index is 516. The van der Waals surface area contributed by atoms with Gasteiger partial charge in [0.05, 0.1) is 6.54 Å². The van der Waals surface area contributed by atoms with Crippen molar-refractivity contribution in [2.75, 3.05) is 13.6 Å². The van der Waals surface area contributed by atoms with Crippen molar-refractivity contribution >= 4 is 23.2 Å².